The first-order chi connectivity index (χ1) is 15.2. The Bertz CT molecular complexity index is 1030. The third-order valence-electron chi connectivity index (χ3n) is 5.85. The third kappa shape index (κ3) is 6.33. The molecule has 0 spiro atoms. The van der Waals surface area contributed by atoms with Crippen LogP contribution >= 0.6 is 0 Å². The van der Waals surface area contributed by atoms with Gasteiger partial charge in [-0.15, -0.1) is 0 Å². The molecule has 2 aromatic carbocycles. The highest BCUT2D eigenvalue weighted by molar-refractivity contribution is 7.92. The van der Waals surface area contributed by atoms with Gasteiger partial charge in [0.1, 0.15) is 6.04 Å². The van der Waals surface area contributed by atoms with Gasteiger partial charge in [0.2, 0.25) is 15.9 Å². The first-order valence-electron chi connectivity index (χ1n) is 11.3. The number of aryl methyl sites for hydroxylation is 2. The van der Waals surface area contributed by atoms with E-state index in [9.17, 15) is 13.2 Å². The van der Waals surface area contributed by atoms with Gasteiger partial charge < -0.3 is 5.32 Å². The third-order valence-corrected chi connectivity index (χ3v) is 7.03. The molecular weight excluding hydrogens is 422 g/mol. The van der Waals surface area contributed by atoms with Gasteiger partial charge in [0.05, 0.1) is 11.9 Å². The molecule has 2 aromatic rings. The largest absolute Gasteiger partial charge is 0.350 e. The van der Waals surface area contributed by atoms with Crippen LogP contribution in [0.4, 0.5) is 5.69 Å². The number of nitrogens with zero attached hydrogens (tertiary/aromatic N) is 2. The molecule has 1 heterocycles. The van der Waals surface area contributed by atoms with Crippen molar-refractivity contribution in [3.63, 3.8) is 0 Å². The number of benzene rings is 2. The Morgan fingerprint density at radius 2 is 1.69 bits per heavy atom. The summed E-state index contributed by atoms with van der Waals surface area (Å²) in [7, 11) is -3.64. The number of carbonyl (C=O) groups excluding carboxylic acids is 1. The Labute approximate surface area is 192 Å². The monoisotopic (exact) mass is 457 g/mol. The maximum atomic E-state index is 13.1. The van der Waals surface area contributed by atoms with Gasteiger partial charge >= 0.3 is 0 Å². The summed E-state index contributed by atoms with van der Waals surface area (Å²) in [6.45, 7) is 9.25. The summed E-state index contributed by atoms with van der Waals surface area (Å²) < 4.78 is 26.6. The van der Waals surface area contributed by atoms with Gasteiger partial charge in [0.15, 0.2) is 0 Å². The minimum absolute atomic E-state index is 0.290. The number of sulfonamides is 1. The summed E-state index contributed by atoms with van der Waals surface area (Å²) in [5, 5.41) is 2.96. The lowest BCUT2D eigenvalue weighted by atomic mass is 10.1. The van der Waals surface area contributed by atoms with E-state index in [1.807, 2.05) is 51.1 Å². The zero-order valence-electron chi connectivity index (χ0n) is 19.6. The molecule has 7 heteroatoms. The van der Waals surface area contributed by atoms with Crippen molar-refractivity contribution >= 4 is 21.6 Å². The molecule has 1 aliphatic heterocycles. The number of likely N-dealkylation sites (tertiary alicyclic amines) is 1. The first-order valence-corrected chi connectivity index (χ1v) is 13.2. The molecule has 174 valence electrons. The number of anilines is 1. The zero-order chi connectivity index (χ0) is 23.3. The van der Waals surface area contributed by atoms with Gasteiger partial charge in [-0.3, -0.25) is 14.0 Å². The Kier molecular flexibility index (Phi) is 7.96. The van der Waals surface area contributed by atoms with Crippen LogP contribution in [-0.2, 0) is 27.9 Å². The second-order valence-electron chi connectivity index (χ2n) is 8.85. The van der Waals surface area contributed by atoms with Crippen molar-refractivity contribution in [3.05, 3.63) is 64.7 Å². The molecule has 0 saturated carbocycles. The van der Waals surface area contributed by atoms with Crippen molar-refractivity contribution in [3.8, 4) is 0 Å². The maximum absolute atomic E-state index is 13.1. The highest BCUT2D eigenvalue weighted by Gasteiger charge is 2.31. The number of amides is 1. The van der Waals surface area contributed by atoms with E-state index >= 15 is 0 Å². The Hall–Kier alpha value is -2.38. The quantitative estimate of drug-likeness (QED) is 0.623. The summed E-state index contributed by atoms with van der Waals surface area (Å²) >= 11 is 0. The van der Waals surface area contributed by atoms with Gasteiger partial charge in [-0.2, -0.15) is 0 Å². The molecular formula is C25H35N3O3S. The lowest BCUT2D eigenvalue weighted by Crippen LogP contribution is -2.49. The molecule has 0 aromatic heterocycles. The number of carbonyl (C=O) groups is 1. The Morgan fingerprint density at radius 3 is 2.28 bits per heavy atom. The minimum atomic E-state index is -3.64. The van der Waals surface area contributed by atoms with Gasteiger partial charge in [-0.05, 0) is 80.6 Å². The summed E-state index contributed by atoms with van der Waals surface area (Å²) in [5.74, 6) is -0.290. The lowest BCUT2D eigenvalue weighted by molar-refractivity contribution is -0.122. The van der Waals surface area contributed by atoms with Crippen LogP contribution in [-0.4, -0.2) is 44.6 Å². The van der Waals surface area contributed by atoms with E-state index in [1.165, 1.54) is 22.7 Å². The van der Waals surface area contributed by atoms with Crippen molar-refractivity contribution in [1.29, 1.82) is 0 Å². The average molecular weight is 458 g/mol. The molecule has 1 fully saturated rings. The normalized spacial score (nSPS) is 15.5. The van der Waals surface area contributed by atoms with Crippen molar-refractivity contribution in [2.75, 3.05) is 23.7 Å². The van der Waals surface area contributed by atoms with Crippen LogP contribution in [0.5, 0.6) is 0 Å². The highest BCUT2D eigenvalue weighted by Crippen LogP contribution is 2.25. The predicted octanol–water partition coefficient (Wildman–Crippen LogP) is 3.76. The van der Waals surface area contributed by atoms with Crippen LogP contribution < -0.4 is 9.62 Å². The second kappa shape index (κ2) is 10.5. The van der Waals surface area contributed by atoms with Crippen molar-refractivity contribution in [2.24, 2.45) is 0 Å². The van der Waals surface area contributed by atoms with E-state index in [-0.39, 0.29) is 5.91 Å². The first kappa shape index (κ1) is 24.3. The molecule has 32 heavy (non-hydrogen) atoms. The molecule has 1 amide bonds. The van der Waals surface area contributed by atoms with Gasteiger partial charge in [0.25, 0.3) is 0 Å². The number of hydrogen-bond acceptors (Lipinski definition) is 4. The van der Waals surface area contributed by atoms with E-state index in [2.05, 4.69) is 22.3 Å². The van der Waals surface area contributed by atoms with Crippen LogP contribution in [0.1, 0.15) is 48.4 Å². The van der Waals surface area contributed by atoms with Crippen molar-refractivity contribution < 1.29 is 13.2 Å². The molecule has 1 aliphatic rings. The van der Waals surface area contributed by atoms with Gasteiger partial charge in [-0.25, -0.2) is 8.42 Å². The van der Waals surface area contributed by atoms with Crippen LogP contribution in [0.25, 0.3) is 0 Å². The van der Waals surface area contributed by atoms with E-state index in [4.69, 9.17) is 0 Å². The highest BCUT2D eigenvalue weighted by atomic mass is 32.2. The topological polar surface area (TPSA) is 69.7 Å². The van der Waals surface area contributed by atoms with Crippen molar-refractivity contribution in [1.82, 2.24) is 10.2 Å². The number of nitrogens with one attached hydrogen (secondary N) is 1. The predicted molar refractivity (Wildman–Crippen MR) is 130 cm³/mol. The molecule has 1 N–H and O–H groups in total. The lowest BCUT2D eigenvalue weighted by Gasteiger charge is -2.30. The second-order valence-corrected chi connectivity index (χ2v) is 10.7. The summed E-state index contributed by atoms with van der Waals surface area (Å²) in [4.78, 5) is 15.6. The fraction of sp³-hybridized carbons (Fsp3) is 0.480. The molecule has 6 nitrogen and oxygen atoms in total. The van der Waals surface area contributed by atoms with E-state index < -0.39 is 16.1 Å². The van der Waals surface area contributed by atoms with E-state index in [0.29, 0.717) is 18.7 Å². The molecule has 1 atom stereocenters. The standard InChI is InChI=1S/C25H35N3O3S/c1-5-24(28(32(4,30)31)23-14-19(2)13-20(3)15-23)25(29)26-17-21-9-8-10-22(16-21)18-27-11-6-7-12-27/h8-10,13-16,24H,5-7,11-12,17-18H2,1-4H3,(H,26,29)/t24-/m0/s1. The van der Waals surface area contributed by atoms with Gasteiger partial charge in [0, 0.05) is 13.1 Å². The van der Waals surface area contributed by atoms with Crippen LogP contribution in [0.2, 0.25) is 0 Å². The molecule has 0 bridgehead atoms. The van der Waals surface area contributed by atoms with Gasteiger partial charge in [-0.1, -0.05) is 37.3 Å². The summed E-state index contributed by atoms with van der Waals surface area (Å²) in [6, 6.07) is 13.0. The molecule has 0 unspecified atom stereocenters. The molecule has 3 rings (SSSR count). The van der Waals surface area contributed by atoms with Crippen LogP contribution in [0.3, 0.4) is 0 Å². The van der Waals surface area contributed by atoms with Crippen molar-refractivity contribution in [2.45, 2.75) is 59.2 Å². The van der Waals surface area contributed by atoms with E-state index in [0.717, 1.165) is 42.6 Å². The summed E-state index contributed by atoms with van der Waals surface area (Å²) in [5.41, 5.74) is 4.69. The summed E-state index contributed by atoms with van der Waals surface area (Å²) in [6.07, 6.45) is 4.04. The van der Waals surface area contributed by atoms with E-state index in [1.54, 1.807) is 0 Å². The zero-order valence-corrected chi connectivity index (χ0v) is 20.4. The Balaban J connectivity index is 1.74. The number of rotatable bonds is 9. The fourth-order valence-corrected chi connectivity index (χ4v) is 5.68. The fourth-order valence-electron chi connectivity index (χ4n) is 4.48. The van der Waals surface area contributed by atoms with Crippen LogP contribution in [0.15, 0.2) is 42.5 Å². The Morgan fingerprint density at radius 1 is 1.06 bits per heavy atom. The van der Waals surface area contributed by atoms with Crippen LogP contribution in [0, 0.1) is 13.8 Å². The maximum Gasteiger partial charge on any atom is 0.244 e. The average Bonchev–Trinajstić information content (AvgIpc) is 3.21. The molecule has 0 radical (unpaired) electrons. The molecule has 1 saturated heterocycles. The number of hydrogen-bond donors (Lipinski definition) is 1. The SMILES string of the molecule is CC[C@@H](C(=O)NCc1cccc(CN2CCCC2)c1)N(c1cc(C)cc(C)c1)S(C)(=O)=O. The molecule has 0 aliphatic carbocycles. The minimum Gasteiger partial charge on any atom is -0.350 e. The smallest absolute Gasteiger partial charge is 0.244 e.